The van der Waals surface area contributed by atoms with Gasteiger partial charge in [0.1, 0.15) is 0 Å². The zero-order chi connectivity index (χ0) is 14.0. The molecular weight excluding hydrogens is 238 g/mol. The molecule has 19 heavy (non-hydrogen) atoms. The molecule has 2 rings (SSSR count). The molecule has 1 fully saturated rings. The lowest BCUT2D eigenvalue weighted by molar-refractivity contribution is 0.196. The third-order valence-electron chi connectivity index (χ3n) is 3.85. The van der Waals surface area contributed by atoms with E-state index in [1.54, 1.807) is 0 Å². The number of carbonyl (C=O) groups is 1. The summed E-state index contributed by atoms with van der Waals surface area (Å²) in [4.78, 5) is 16.0. The van der Waals surface area contributed by atoms with Crippen LogP contribution in [0.4, 0.5) is 4.79 Å². The maximum absolute atomic E-state index is 12.2. The van der Waals surface area contributed by atoms with Gasteiger partial charge in [-0.15, -0.1) is 0 Å². The molecule has 0 spiro atoms. The van der Waals surface area contributed by atoms with Crippen LogP contribution in [0.25, 0.3) is 0 Å². The molecule has 4 heteroatoms. The maximum Gasteiger partial charge on any atom is 0.320 e. The molecular formula is C15H23N3O. The summed E-state index contributed by atoms with van der Waals surface area (Å²) in [6, 6.07) is 6.76. The monoisotopic (exact) mass is 261 g/mol. The smallest absolute Gasteiger partial charge is 0.320 e. The Balaban J connectivity index is 2.19. The Morgan fingerprint density at radius 2 is 2.11 bits per heavy atom. The Kier molecular flexibility index (Phi) is 4.10. The molecule has 1 aromatic carbocycles. The number of rotatable bonds is 4. The SMILES string of the molecule is CNCCN1CC(c2ccc(C)cc2C)N(C)C1=O. The molecule has 1 unspecified atom stereocenters. The van der Waals surface area contributed by atoms with Crippen LogP contribution in [0, 0.1) is 13.8 Å². The van der Waals surface area contributed by atoms with Gasteiger partial charge in [0, 0.05) is 26.7 Å². The van der Waals surface area contributed by atoms with Crippen LogP contribution in [-0.2, 0) is 0 Å². The molecule has 1 aliphatic heterocycles. The van der Waals surface area contributed by atoms with Crippen molar-refractivity contribution in [2.75, 3.05) is 33.7 Å². The second-order valence-electron chi connectivity index (χ2n) is 5.32. The highest BCUT2D eigenvalue weighted by Crippen LogP contribution is 2.30. The second-order valence-corrected chi connectivity index (χ2v) is 5.32. The van der Waals surface area contributed by atoms with Gasteiger partial charge >= 0.3 is 6.03 Å². The van der Waals surface area contributed by atoms with E-state index in [2.05, 4.69) is 37.4 Å². The molecule has 0 aliphatic carbocycles. The van der Waals surface area contributed by atoms with Crippen LogP contribution in [-0.4, -0.2) is 49.6 Å². The van der Waals surface area contributed by atoms with Crippen molar-refractivity contribution in [3.8, 4) is 0 Å². The third-order valence-corrected chi connectivity index (χ3v) is 3.85. The van der Waals surface area contributed by atoms with Gasteiger partial charge in [-0.2, -0.15) is 0 Å². The van der Waals surface area contributed by atoms with Crippen LogP contribution in [0.1, 0.15) is 22.7 Å². The number of amides is 2. The predicted molar refractivity (Wildman–Crippen MR) is 77.3 cm³/mol. The Bertz CT molecular complexity index is 472. The fourth-order valence-corrected chi connectivity index (χ4v) is 2.71. The number of benzene rings is 1. The van der Waals surface area contributed by atoms with Crippen molar-refractivity contribution in [2.45, 2.75) is 19.9 Å². The molecule has 0 saturated carbocycles. The average Bonchev–Trinajstić information content (AvgIpc) is 2.64. The normalized spacial score (nSPS) is 19.4. The number of likely N-dealkylation sites (N-methyl/N-ethyl adjacent to an activating group) is 2. The number of aryl methyl sites for hydroxylation is 2. The van der Waals surface area contributed by atoms with E-state index in [0.29, 0.717) is 0 Å². The average molecular weight is 261 g/mol. The summed E-state index contributed by atoms with van der Waals surface area (Å²) >= 11 is 0. The van der Waals surface area contributed by atoms with Gasteiger partial charge < -0.3 is 15.1 Å². The van der Waals surface area contributed by atoms with Crippen LogP contribution in [0.3, 0.4) is 0 Å². The van der Waals surface area contributed by atoms with Crippen LogP contribution in [0.5, 0.6) is 0 Å². The van der Waals surface area contributed by atoms with E-state index in [9.17, 15) is 4.79 Å². The summed E-state index contributed by atoms with van der Waals surface area (Å²) < 4.78 is 0. The third kappa shape index (κ3) is 2.73. The summed E-state index contributed by atoms with van der Waals surface area (Å²) in [5, 5.41) is 3.09. The van der Waals surface area contributed by atoms with Gasteiger partial charge in [-0.05, 0) is 32.0 Å². The van der Waals surface area contributed by atoms with E-state index < -0.39 is 0 Å². The molecule has 1 atom stereocenters. The van der Waals surface area contributed by atoms with Gasteiger partial charge in [-0.25, -0.2) is 4.79 Å². The highest BCUT2D eigenvalue weighted by Gasteiger charge is 2.35. The van der Waals surface area contributed by atoms with Crippen molar-refractivity contribution in [1.82, 2.24) is 15.1 Å². The lowest BCUT2D eigenvalue weighted by Crippen LogP contribution is -2.34. The largest absolute Gasteiger partial charge is 0.321 e. The molecule has 1 saturated heterocycles. The van der Waals surface area contributed by atoms with E-state index >= 15 is 0 Å². The van der Waals surface area contributed by atoms with E-state index in [1.807, 2.05) is 23.9 Å². The fraction of sp³-hybridized carbons (Fsp3) is 0.533. The van der Waals surface area contributed by atoms with Gasteiger partial charge in [0.05, 0.1) is 6.04 Å². The fourth-order valence-electron chi connectivity index (χ4n) is 2.71. The molecule has 1 aliphatic rings. The summed E-state index contributed by atoms with van der Waals surface area (Å²) in [7, 11) is 3.80. The van der Waals surface area contributed by atoms with Crippen molar-refractivity contribution in [3.05, 3.63) is 34.9 Å². The molecule has 0 aromatic heterocycles. The maximum atomic E-state index is 12.2. The topological polar surface area (TPSA) is 35.6 Å². The summed E-state index contributed by atoms with van der Waals surface area (Å²) in [5.41, 5.74) is 3.79. The minimum Gasteiger partial charge on any atom is -0.321 e. The van der Waals surface area contributed by atoms with Crippen molar-refractivity contribution in [2.24, 2.45) is 0 Å². The summed E-state index contributed by atoms with van der Waals surface area (Å²) in [6.07, 6.45) is 0. The second kappa shape index (κ2) is 5.61. The van der Waals surface area contributed by atoms with Crippen LogP contribution >= 0.6 is 0 Å². The molecule has 0 bridgehead atoms. The highest BCUT2D eigenvalue weighted by molar-refractivity contribution is 5.77. The first-order chi connectivity index (χ1) is 9.04. The lowest BCUT2D eigenvalue weighted by atomic mass is 9.99. The summed E-state index contributed by atoms with van der Waals surface area (Å²) in [5.74, 6) is 0. The molecule has 0 radical (unpaired) electrons. The van der Waals surface area contributed by atoms with Gasteiger partial charge in [0.25, 0.3) is 0 Å². The van der Waals surface area contributed by atoms with Crippen molar-refractivity contribution in [1.29, 1.82) is 0 Å². The highest BCUT2D eigenvalue weighted by atomic mass is 16.2. The molecule has 1 heterocycles. The van der Waals surface area contributed by atoms with E-state index in [0.717, 1.165) is 19.6 Å². The van der Waals surface area contributed by atoms with Crippen molar-refractivity contribution in [3.63, 3.8) is 0 Å². The Morgan fingerprint density at radius 1 is 1.37 bits per heavy atom. The van der Waals surface area contributed by atoms with E-state index in [-0.39, 0.29) is 12.1 Å². The van der Waals surface area contributed by atoms with Gasteiger partial charge in [0.15, 0.2) is 0 Å². The summed E-state index contributed by atoms with van der Waals surface area (Å²) in [6.45, 7) is 6.59. The molecule has 4 nitrogen and oxygen atoms in total. The van der Waals surface area contributed by atoms with E-state index in [1.165, 1.54) is 16.7 Å². The van der Waals surface area contributed by atoms with E-state index in [4.69, 9.17) is 0 Å². The first-order valence-corrected chi connectivity index (χ1v) is 6.78. The standard InChI is InChI=1S/C15H23N3O/c1-11-5-6-13(12(2)9-11)14-10-18(8-7-16-3)15(19)17(14)4/h5-6,9,14,16H,7-8,10H2,1-4H3. The quantitative estimate of drug-likeness (QED) is 0.899. The zero-order valence-electron chi connectivity index (χ0n) is 12.2. The first kappa shape index (κ1) is 13.9. The minimum absolute atomic E-state index is 0.125. The number of nitrogens with one attached hydrogen (secondary N) is 1. The molecule has 1 aromatic rings. The van der Waals surface area contributed by atoms with Crippen molar-refractivity contribution < 1.29 is 4.79 Å². The van der Waals surface area contributed by atoms with Crippen LogP contribution in [0.2, 0.25) is 0 Å². The lowest BCUT2D eigenvalue weighted by Gasteiger charge is -2.20. The number of nitrogens with zero attached hydrogens (tertiary/aromatic N) is 2. The van der Waals surface area contributed by atoms with Crippen LogP contribution < -0.4 is 5.32 Å². The number of carbonyl (C=O) groups excluding carboxylic acids is 1. The van der Waals surface area contributed by atoms with Gasteiger partial charge in [-0.1, -0.05) is 23.8 Å². The van der Waals surface area contributed by atoms with Crippen molar-refractivity contribution >= 4 is 6.03 Å². The van der Waals surface area contributed by atoms with Crippen LogP contribution in [0.15, 0.2) is 18.2 Å². The molecule has 1 N–H and O–H groups in total. The predicted octanol–water partition coefficient (Wildman–Crippen LogP) is 1.93. The molecule has 2 amide bonds. The van der Waals surface area contributed by atoms with Gasteiger partial charge in [0.2, 0.25) is 0 Å². The Hall–Kier alpha value is -1.55. The number of hydrogen-bond donors (Lipinski definition) is 1. The number of hydrogen-bond acceptors (Lipinski definition) is 2. The molecule has 104 valence electrons. The zero-order valence-corrected chi connectivity index (χ0v) is 12.2. The Morgan fingerprint density at radius 3 is 2.74 bits per heavy atom. The number of urea groups is 1. The first-order valence-electron chi connectivity index (χ1n) is 6.78. The Labute approximate surface area is 115 Å². The minimum atomic E-state index is 0.125. The van der Waals surface area contributed by atoms with Gasteiger partial charge in [-0.3, -0.25) is 0 Å².